The van der Waals surface area contributed by atoms with Crippen LogP contribution in [0, 0.1) is 0 Å². The van der Waals surface area contributed by atoms with Crippen molar-refractivity contribution in [2.45, 2.75) is 43.4 Å². The highest BCUT2D eigenvalue weighted by atomic mass is 16.8. The molecule has 8 nitrogen and oxygen atoms in total. The van der Waals surface area contributed by atoms with Crippen LogP contribution >= 0.6 is 0 Å². The largest absolute Gasteiger partial charge is 0.465 e. The van der Waals surface area contributed by atoms with Crippen molar-refractivity contribution in [3.8, 4) is 0 Å². The zero-order chi connectivity index (χ0) is 24.2. The normalized spacial score (nSPS) is 28.2. The molecule has 2 aliphatic heterocycles. The molecule has 35 heavy (non-hydrogen) atoms. The molecule has 1 N–H and O–H groups in total. The van der Waals surface area contributed by atoms with E-state index in [1.807, 2.05) is 60.7 Å². The van der Waals surface area contributed by atoms with Crippen LogP contribution < -0.4 is 0 Å². The molecular formula is C27H27NO7. The minimum atomic E-state index is -0.707. The summed E-state index contributed by atoms with van der Waals surface area (Å²) in [5.41, 5.74) is 2.54. The number of hydrogen-bond donors (Lipinski definition) is 1. The predicted molar refractivity (Wildman–Crippen MR) is 124 cm³/mol. The van der Waals surface area contributed by atoms with Crippen LogP contribution in [-0.2, 0) is 30.1 Å². The lowest BCUT2D eigenvalue weighted by molar-refractivity contribution is -0.384. The molecule has 2 aromatic carbocycles. The number of aliphatic hydroxyl groups excluding tert-OH is 1. The van der Waals surface area contributed by atoms with Gasteiger partial charge in [0.1, 0.15) is 18.3 Å². The molecule has 2 unspecified atom stereocenters. The van der Waals surface area contributed by atoms with E-state index in [-0.39, 0.29) is 13.0 Å². The second-order valence-electron chi connectivity index (χ2n) is 8.41. The van der Waals surface area contributed by atoms with Crippen LogP contribution in [0.15, 0.2) is 79.0 Å². The molecule has 182 valence electrons. The summed E-state index contributed by atoms with van der Waals surface area (Å²) in [6.45, 7) is -0.251. The monoisotopic (exact) mass is 477 g/mol. The van der Waals surface area contributed by atoms with E-state index in [0.717, 1.165) is 11.1 Å². The second-order valence-corrected chi connectivity index (χ2v) is 8.41. The minimum Gasteiger partial charge on any atom is -0.465 e. The van der Waals surface area contributed by atoms with Crippen LogP contribution in [0.25, 0.3) is 0 Å². The first-order valence-electron chi connectivity index (χ1n) is 11.5. The third kappa shape index (κ3) is 4.98. The number of benzene rings is 2. The Balaban J connectivity index is 1.50. The Morgan fingerprint density at radius 2 is 1.40 bits per heavy atom. The fraction of sp³-hybridized carbons (Fsp3) is 0.333. The average molecular weight is 478 g/mol. The zero-order valence-corrected chi connectivity index (χ0v) is 19.2. The van der Waals surface area contributed by atoms with Gasteiger partial charge in [0.25, 0.3) is 0 Å². The Morgan fingerprint density at radius 3 is 1.97 bits per heavy atom. The van der Waals surface area contributed by atoms with Gasteiger partial charge < -0.3 is 28.8 Å². The zero-order valence-electron chi connectivity index (χ0n) is 19.2. The van der Waals surface area contributed by atoms with Crippen molar-refractivity contribution in [2.24, 2.45) is 0 Å². The van der Waals surface area contributed by atoms with Crippen LogP contribution in [0.3, 0.4) is 0 Å². The van der Waals surface area contributed by atoms with E-state index in [2.05, 4.69) is 4.98 Å². The van der Waals surface area contributed by atoms with Crippen LogP contribution in [0.2, 0.25) is 0 Å². The van der Waals surface area contributed by atoms with E-state index in [4.69, 9.17) is 23.7 Å². The predicted octanol–water partition coefficient (Wildman–Crippen LogP) is 3.37. The number of ether oxygens (including phenoxy) is 5. The maximum Gasteiger partial charge on any atom is 0.339 e. The second kappa shape index (κ2) is 10.6. The summed E-state index contributed by atoms with van der Waals surface area (Å²) >= 11 is 0. The highest BCUT2D eigenvalue weighted by Crippen LogP contribution is 2.41. The maximum atomic E-state index is 12.4. The Labute approximate surface area is 203 Å². The average Bonchev–Trinajstić information content (AvgIpc) is 2.93. The first kappa shape index (κ1) is 23.6. The number of methoxy groups -OCH3 is 1. The number of nitrogens with zero attached hydrogens (tertiary/aromatic N) is 1. The van der Waals surface area contributed by atoms with Gasteiger partial charge in [-0.25, -0.2) is 4.79 Å². The number of pyridine rings is 1. The fourth-order valence-electron chi connectivity index (χ4n) is 4.51. The Hall–Kier alpha value is -3.14. The topological polar surface area (TPSA) is 96.3 Å². The van der Waals surface area contributed by atoms with Gasteiger partial charge in [-0.2, -0.15) is 0 Å². The summed E-state index contributed by atoms with van der Waals surface area (Å²) in [6, 6.07) is 22.4. The van der Waals surface area contributed by atoms with Crippen molar-refractivity contribution in [3.63, 3.8) is 0 Å². The molecule has 0 saturated carbocycles. The van der Waals surface area contributed by atoms with E-state index in [0.29, 0.717) is 11.3 Å². The number of hydrogen-bond acceptors (Lipinski definition) is 8. The van der Waals surface area contributed by atoms with Gasteiger partial charge >= 0.3 is 5.97 Å². The number of fused-ring (bicyclic) bond motifs is 1. The molecule has 0 bridgehead atoms. The SMILES string of the molecule is COC(=O)c1cccnc1C[C@H]1OC(c2ccccc2)O[C@H]2[C@H]1OC(c1ccccc1)O[C@@H]2CO. The van der Waals surface area contributed by atoms with E-state index in [1.165, 1.54) is 7.11 Å². The summed E-state index contributed by atoms with van der Waals surface area (Å²) in [6.07, 6.45) is -1.88. The van der Waals surface area contributed by atoms with Crippen molar-refractivity contribution in [1.82, 2.24) is 4.98 Å². The van der Waals surface area contributed by atoms with Gasteiger partial charge in [-0.05, 0) is 12.1 Å². The van der Waals surface area contributed by atoms with Crippen molar-refractivity contribution in [3.05, 3.63) is 101 Å². The lowest BCUT2D eigenvalue weighted by atomic mass is 9.94. The molecule has 2 fully saturated rings. The molecule has 6 atom stereocenters. The van der Waals surface area contributed by atoms with E-state index < -0.39 is 43.0 Å². The van der Waals surface area contributed by atoms with Gasteiger partial charge in [0.15, 0.2) is 12.6 Å². The first-order valence-corrected chi connectivity index (χ1v) is 11.5. The lowest BCUT2D eigenvalue weighted by Crippen LogP contribution is -2.59. The molecule has 0 radical (unpaired) electrons. The van der Waals surface area contributed by atoms with Gasteiger partial charge in [0, 0.05) is 23.7 Å². The van der Waals surface area contributed by atoms with E-state index >= 15 is 0 Å². The molecular weight excluding hydrogens is 450 g/mol. The maximum absolute atomic E-state index is 12.4. The molecule has 5 rings (SSSR count). The van der Waals surface area contributed by atoms with Gasteiger partial charge in [0.05, 0.1) is 31.1 Å². The molecule has 0 aliphatic carbocycles. The van der Waals surface area contributed by atoms with Crippen molar-refractivity contribution < 1.29 is 33.6 Å². The number of aliphatic hydroxyl groups is 1. The summed E-state index contributed by atoms with van der Waals surface area (Å²) in [4.78, 5) is 16.8. The van der Waals surface area contributed by atoms with Gasteiger partial charge in [0.2, 0.25) is 0 Å². The Bertz CT molecular complexity index is 1130. The third-order valence-electron chi connectivity index (χ3n) is 6.23. The molecule has 1 aromatic heterocycles. The number of carbonyl (C=O) groups excluding carboxylic acids is 1. The van der Waals surface area contributed by atoms with Gasteiger partial charge in [-0.3, -0.25) is 4.98 Å². The minimum absolute atomic E-state index is 0.251. The number of carbonyl (C=O) groups is 1. The molecule has 0 amide bonds. The Kier molecular flexibility index (Phi) is 7.17. The van der Waals surface area contributed by atoms with Gasteiger partial charge in [-0.1, -0.05) is 60.7 Å². The van der Waals surface area contributed by atoms with Crippen LogP contribution in [-0.4, -0.2) is 54.2 Å². The first-order chi connectivity index (χ1) is 17.2. The standard InChI is InChI=1S/C27H27NO7/c1-31-25(30)19-13-8-14-28-20(19)15-21-23-24(35-26(32-21)17-9-4-2-5-10-17)22(16-29)33-27(34-23)18-11-6-3-7-12-18/h2-14,21-24,26-27,29H,15-16H2,1H3/t21-,22-,23+,24-,26?,27?/m1/s1. The summed E-state index contributed by atoms with van der Waals surface area (Å²) in [7, 11) is 1.34. The number of esters is 1. The molecule has 2 saturated heterocycles. The van der Waals surface area contributed by atoms with Crippen LogP contribution in [0.1, 0.15) is 39.8 Å². The van der Waals surface area contributed by atoms with Crippen LogP contribution in [0.4, 0.5) is 0 Å². The summed E-state index contributed by atoms with van der Waals surface area (Å²) in [5, 5.41) is 10.2. The molecule has 3 aromatic rings. The molecule has 0 spiro atoms. The van der Waals surface area contributed by atoms with E-state index in [9.17, 15) is 9.90 Å². The third-order valence-corrected chi connectivity index (χ3v) is 6.23. The lowest BCUT2D eigenvalue weighted by Gasteiger charge is -2.49. The van der Waals surface area contributed by atoms with Crippen LogP contribution in [0.5, 0.6) is 0 Å². The molecule has 8 heteroatoms. The summed E-state index contributed by atoms with van der Waals surface area (Å²) < 4.78 is 30.1. The fourth-order valence-corrected chi connectivity index (χ4v) is 4.51. The number of rotatable bonds is 6. The van der Waals surface area contributed by atoms with Crippen molar-refractivity contribution >= 4 is 5.97 Å². The van der Waals surface area contributed by atoms with E-state index in [1.54, 1.807) is 18.3 Å². The number of aromatic nitrogens is 1. The summed E-state index contributed by atoms with van der Waals surface area (Å²) in [5.74, 6) is -0.473. The highest BCUT2D eigenvalue weighted by Gasteiger charge is 2.50. The molecule has 3 heterocycles. The smallest absolute Gasteiger partial charge is 0.339 e. The highest BCUT2D eigenvalue weighted by molar-refractivity contribution is 5.90. The van der Waals surface area contributed by atoms with Crippen molar-refractivity contribution in [1.29, 1.82) is 0 Å². The van der Waals surface area contributed by atoms with Gasteiger partial charge in [-0.15, -0.1) is 0 Å². The Morgan fingerprint density at radius 1 is 0.829 bits per heavy atom. The van der Waals surface area contributed by atoms with Crippen molar-refractivity contribution in [2.75, 3.05) is 13.7 Å². The molecule has 2 aliphatic rings. The quantitative estimate of drug-likeness (QED) is 0.540.